The number of nitrogen functional groups attached to an aromatic ring is 1. The van der Waals surface area contributed by atoms with Gasteiger partial charge in [0, 0.05) is 73.6 Å². The first kappa shape index (κ1) is 27.4. The van der Waals surface area contributed by atoms with Crippen LogP contribution in [-0.2, 0) is 16.6 Å². The van der Waals surface area contributed by atoms with Gasteiger partial charge in [-0.1, -0.05) is 0 Å². The summed E-state index contributed by atoms with van der Waals surface area (Å²) in [6, 6.07) is 6.08. The van der Waals surface area contributed by atoms with Gasteiger partial charge in [-0.3, -0.25) is 4.90 Å². The molecule has 226 valence electrons. The summed E-state index contributed by atoms with van der Waals surface area (Å²) < 4.78 is 12.0. The number of rotatable bonds is 7. The molecule has 1 saturated carbocycles. The van der Waals surface area contributed by atoms with Crippen LogP contribution in [0.2, 0.25) is 0 Å². The highest BCUT2D eigenvalue weighted by atomic mass is 32.1. The number of hydrogen-bond acceptors (Lipinski definition) is 12. The third-order valence-corrected chi connectivity index (χ3v) is 11.7. The Labute approximate surface area is 256 Å². The summed E-state index contributed by atoms with van der Waals surface area (Å²) in [6.45, 7) is 8.19. The Morgan fingerprint density at radius 1 is 1.00 bits per heavy atom. The SMILES string of the molecule is N#Cc1c(N2C[C@H]3CC[C@@H](C2)N3)nc(OCC2(CN3CCOCC3)CC2)nc1N1CC2(CCCc3sc(N)c(C#N)c32)C1. The number of nitriles is 2. The molecule has 2 aromatic rings. The molecule has 2 atom stereocenters. The van der Waals surface area contributed by atoms with Crippen LogP contribution in [0.1, 0.15) is 60.1 Å². The van der Waals surface area contributed by atoms with E-state index in [-0.39, 0.29) is 10.8 Å². The predicted octanol–water partition coefficient (Wildman–Crippen LogP) is 2.39. The number of nitrogens with one attached hydrogen (secondary N) is 1. The van der Waals surface area contributed by atoms with E-state index in [1.807, 2.05) is 0 Å². The van der Waals surface area contributed by atoms with Crippen molar-refractivity contribution in [2.75, 3.05) is 81.2 Å². The van der Waals surface area contributed by atoms with Crippen LogP contribution >= 0.6 is 11.3 Å². The lowest BCUT2D eigenvalue weighted by Crippen LogP contribution is -2.61. The third-order valence-electron chi connectivity index (χ3n) is 10.6. The van der Waals surface area contributed by atoms with E-state index in [0.717, 1.165) is 96.4 Å². The number of aryl methyl sites for hydroxylation is 1. The fourth-order valence-electron chi connectivity index (χ4n) is 8.19. The highest BCUT2D eigenvalue weighted by Gasteiger charge is 2.51. The highest BCUT2D eigenvalue weighted by molar-refractivity contribution is 7.16. The highest BCUT2D eigenvalue weighted by Crippen LogP contribution is 2.52. The van der Waals surface area contributed by atoms with Crippen LogP contribution in [0.3, 0.4) is 0 Å². The molecule has 2 bridgehead atoms. The maximum Gasteiger partial charge on any atom is 0.320 e. The molecule has 11 nitrogen and oxygen atoms in total. The van der Waals surface area contributed by atoms with Gasteiger partial charge in [0.05, 0.1) is 25.4 Å². The van der Waals surface area contributed by atoms with Crippen molar-refractivity contribution in [2.24, 2.45) is 5.41 Å². The summed E-state index contributed by atoms with van der Waals surface area (Å²) in [4.78, 5) is 18.1. The van der Waals surface area contributed by atoms with E-state index in [2.05, 4.69) is 32.2 Å². The van der Waals surface area contributed by atoms with Gasteiger partial charge in [-0.15, -0.1) is 11.3 Å². The van der Waals surface area contributed by atoms with Crippen LogP contribution in [0, 0.1) is 28.1 Å². The van der Waals surface area contributed by atoms with Crippen LogP contribution in [-0.4, -0.2) is 92.6 Å². The number of piperazine rings is 1. The molecule has 0 amide bonds. The Morgan fingerprint density at radius 2 is 1.70 bits per heavy atom. The van der Waals surface area contributed by atoms with E-state index < -0.39 is 0 Å². The maximum atomic E-state index is 10.5. The smallest absolute Gasteiger partial charge is 0.320 e. The number of nitrogens with two attached hydrogens (primary N) is 1. The quantitative estimate of drug-likeness (QED) is 0.484. The number of nitrogens with zero attached hydrogens (tertiary/aromatic N) is 7. The molecule has 4 saturated heterocycles. The minimum atomic E-state index is -0.129. The predicted molar refractivity (Wildman–Crippen MR) is 164 cm³/mol. The Balaban J connectivity index is 1.09. The molecule has 2 aromatic heterocycles. The fraction of sp³-hybridized carbons (Fsp3) is 0.677. The molecule has 8 rings (SSSR count). The summed E-state index contributed by atoms with van der Waals surface area (Å²) in [7, 11) is 0. The van der Waals surface area contributed by atoms with Crippen molar-refractivity contribution in [3.05, 3.63) is 21.6 Å². The number of anilines is 3. The lowest BCUT2D eigenvalue weighted by Gasteiger charge is -2.53. The molecule has 5 fully saturated rings. The van der Waals surface area contributed by atoms with Crippen molar-refractivity contribution in [3.8, 4) is 18.1 Å². The number of hydrogen-bond donors (Lipinski definition) is 2. The van der Waals surface area contributed by atoms with Crippen LogP contribution in [0.5, 0.6) is 6.01 Å². The molecule has 43 heavy (non-hydrogen) atoms. The molecular formula is C31H39N9O2S. The molecule has 4 aliphatic heterocycles. The van der Waals surface area contributed by atoms with Crippen molar-refractivity contribution < 1.29 is 9.47 Å². The minimum absolute atomic E-state index is 0.129. The van der Waals surface area contributed by atoms with Gasteiger partial charge in [0.2, 0.25) is 0 Å². The number of morpholine rings is 1. The Bertz CT molecular complexity index is 1480. The molecular weight excluding hydrogens is 562 g/mol. The van der Waals surface area contributed by atoms with E-state index in [4.69, 9.17) is 25.2 Å². The van der Waals surface area contributed by atoms with E-state index >= 15 is 0 Å². The summed E-state index contributed by atoms with van der Waals surface area (Å²) in [5, 5.41) is 24.8. The molecule has 0 unspecified atom stereocenters. The van der Waals surface area contributed by atoms with Crippen molar-refractivity contribution in [1.29, 1.82) is 10.5 Å². The van der Waals surface area contributed by atoms with E-state index in [9.17, 15) is 10.5 Å². The van der Waals surface area contributed by atoms with Crippen LogP contribution in [0.4, 0.5) is 16.6 Å². The second-order valence-corrected chi connectivity index (χ2v) is 14.7. The molecule has 3 N–H and O–H groups in total. The molecule has 2 aliphatic carbocycles. The second kappa shape index (κ2) is 10.5. The number of ether oxygens (including phenoxy) is 2. The summed E-state index contributed by atoms with van der Waals surface area (Å²) in [5.41, 5.74) is 8.61. The zero-order valence-electron chi connectivity index (χ0n) is 24.6. The number of fused-ring (bicyclic) bond motifs is 4. The Hall–Kier alpha value is -3.16. The second-order valence-electron chi connectivity index (χ2n) is 13.6. The van der Waals surface area contributed by atoms with Gasteiger partial charge in [-0.05, 0) is 50.5 Å². The first-order chi connectivity index (χ1) is 21.0. The van der Waals surface area contributed by atoms with Crippen molar-refractivity contribution in [1.82, 2.24) is 20.2 Å². The lowest BCUT2D eigenvalue weighted by atomic mass is 9.66. The average molecular weight is 602 g/mol. The standard InChI is InChI=1S/C31H39N9O2S/c32-12-22-25-24(43-26(22)34)2-1-5-31(25)17-40(18-31)28-23(13-33)27(39-14-20-3-4-21(15-39)35-20)36-29(37-28)42-19-30(6-7-30)16-38-8-10-41-11-9-38/h20-21,35H,1-11,14-19,34H2/t20-,21+. The monoisotopic (exact) mass is 601 g/mol. The topological polar surface area (TPSA) is 140 Å². The van der Waals surface area contributed by atoms with Crippen LogP contribution in [0.25, 0.3) is 0 Å². The number of thiophene rings is 1. The van der Waals surface area contributed by atoms with E-state index in [1.54, 1.807) is 11.3 Å². The Morgan fingerprint density at radius 3 is 2.37 bits per heavy atom. The van der Waals surface area contributed by atoms with Crippen molar-refractivity contribution >= 4 is 28.0 Å². The molecule has 6 heterocycles. The van der Waals surface area contributed by atoms with Gasteiger partial charge in [0.25, 0.3) is 0 Å². The third kappa shape index (κ3) is 4.80. The normalized spacial score (nSPS) is 26.8. The van der Waals surface area contributed by atoms with Gasteiger partial charge in [0.1, 0.15) is 22.7 Å². The largest absolute Gasteiger partial charge is 0.463 e. The minimum Gasteiger partial charge on any atom is -0.463 e. The van der Waals surface area contributed by atoms with E-state index in [1.165, 1.54) is 4.88 Å². The molecule has 0 radical (unpaired) electrons. The zero-order chi connectivity index (χ0) is 29.2. The van der Waals surface area contributed by atoms with Gasteiger partial charge in [-0.25, -0.2) is 0 Å². The van der Waals surface area contributed by atoms with Gasteiger partial charge < -0.3 is 30.3 Å². The maximum absolute atomic E-state index is 10.5. The fourth-order valence-corrected chi connectivity index (χ4v) is 9.38. The first-order valence-electron chi connectivity index (χ1n) is 15.8. The molecule has 0 aromatic carbocycles. The average Bonchev–Trinajstić information content (AvgIpc) is 3.57. The molecule has 12 heteroatoms. The Kier molecular flexibility index (Phi) is 6.68. The molecule has 1 spiro atoms. The van der Waals surface area contributed by atoms with E-state index in [0.29, 0.717) is 65.6 Å². The number of aromatic nitrogens is 2. The van der Waals surface area contributed by atoms with Gasteiger partial charge in [-0.2, -0.15) is 20.5 Å². The lowest BCUT2D eigenvalue weighted by molar-refractivity contribution is 0.0231. The molecule has 6 aliphatic rings. The van der Waals surface area contributed by atoms with Crippen molar-refractivity contribution in [3.63, 3.8) is 0 Å². The first-order valence-corrected chi connectivity index (χ1v) is 16.6. The van der Waals surface area contributed by atoms with Crippen molar-refractivity contribution in [2.45, 2.75) is 62.4 Å². The zero-order valence-corrected chi connectivity index (χ0v) is 25.4. The van der Waals surface area contributed by atoms with Gasteiger partial charge >= 0.3 is 6.01 Å². The summed E-state index contributed by atoms with van der Waals surface area (Å²) >= 11 is 1.57. The van der Waals surface area contributed by atoms with Crippen LogP contribution in [0.15, 0.2) is 0 Å². The van der Waals surface area contributed by atoms with Crippen LogP contribution < -0.4 is 25.6 Å². The summed E-state index contributed by atoms with van der Waals surface area (Å²) in [5.74, 6) is 1.35. The van der Waals surface area contributed by atoms with Gasteiger partial charge in [0.15, 0.2) is 11.6 Å². The summed E-state index contributed by atoms with van der Waals surface area (Å²) in [6.07, 6.45) is 7.65.